The molecule has 0 aliphatic carbocycles. The molecule has 3 nitrogen and oxygen atoms in total. The summed E-state index contributed by atoms with van der Waals surface area (Å²) in [4.78, 5) is 13.6. The van der Waals surface area contributed by atoms with Crippen LogP contribution in [0.25, 0.3) is 0 Å². The lowest BCUT2D eigenvalue weighted by atomic mass is 10.1. The van der Waals surface area contributed by atoms with Crippen LogP contribution in [0.4, 0.5) is 5.69 Å². The van der Waals surface area contributed by atoms with Crippen LogP contribution in [0.1, 0.15) is 17.3 Å². The van der Waals surface area contributed by atoms with E-state index >= 15 is 0 Å². The molecular weight excluding hydrogens is 164 g/mol. The maximum absolute atomic E-state index is 11.5. The summed E-state index contributed by atoms with van der Waals surface area (Å²) in [5.41, 5.74) is 1.75. The Hall–Kier alpha value is -1.51. The fraction of sp³-hybridized carbons (Fsp3) is 0.300. The molecule has 68 valence electrons. The Labute approximate surface area is 77.4 Å². The SMILES string of the molecule is CC1NC(=O)c2ccccc2N1C. The zero-order chi connectivity index (χ0) is 9.42. The van der Waals surface area contributed by atoms with Gasteiger partial charge in [-0.15, -0.1) is 0 Å². The molecule has 3 heteroatoms. The highest BCUT2D eigenvalue weighted by molar-refractivity contribution is 6.01. The summed E-state index contributed by atoms with van der Waals surface area (Å²) >= 11 is 0. The first-order valence-corrected chi connectivity index (χ1v) is 4.33. The molecule has 1 aromatic carbocycles. The predicted molar refractivity (Wildman–Crippen MR) is 51.8 cm³/mol. The van der Waals surface area contributed by atoms with Crippen LogP contribution in [0.2, 0.25) is 0 Å². The minimum Gasteiger partial charge on any atom is -0.354 e. The van der Waals surface area contributed by atoms with E-state index < -0.39 is 0 Å². The van der Waals surface area contributed by atoms with Crippen LogP contribution in [0.5, 0.6) is 0 Å². The quantitative estimate of drug-likeness (QED) is 0.644. The van der Waals surface area contributed by atoms with Crippen LogP contribution in [0.15, 0.2) is 24.3 Å². The first kappa shape index (κ1) is 8.10. The number of nitrogens with zero attached hydrogens (tertiary/aromatic N) is 1. The molecule has 1 unspecified atom stereocenters. The number of carbonyl (C=O) groups is 1. The Morgan fingerprint density at radius 2 is 2.08 bits per heavy atom. The van der Waals surface area contributed by atoms with Crippen molar-refractivity contribution in [1.82, 2.24) is 5.32 Å². The van der Waals surface area contributed by atoms with E-state index in [0.717, 1.165) is 11.3 Å². The third-order valence-electron chi connectivity index (χ3n) is 2.45. The minimum atomic E-state index is 0.0150. The van der Waals surface area contributed by atoms with Crippen molar-refractivity contribution in [2.45, 2.75) is 13.1 Å². The van der Waals surface area contributed by atoms with Crippen LogP contribution >= 0.6 is 0 Å². The number of benzene rings is 1. The largest absolute Gasteiger partial charge is 0.354 e. The van der Waals surface area contributed by atoms with Crippen LogP contribution in [-0.4, -0.2) is 19.1 Å². The number of nitrogens with one attached hydrogen (secondary N) is 1. The maximum Gasteiger partial charge on any atom is 0.254 e. The first-order chi connectivity index (χ1) is 6.20. The van der Waals surface area contributed by atoms with Gasteiger partial charge in [0.2, 0.25) is 0 Å². The molecule has 1 aromatic rings. The van der Waals surface area contributed by atoms with E-state index in [2.05, 4.69) is 10.2 Å². The second-order valence-electron chi connectivity index (χ2n) is 3.28. The predicted octanol–water partition coefficient (Wildman–Crippen LogP) is 1.21. The third kappa shape index (κ3) is 1.16. The monoisotopic (exact) mass is 176 g/mol. The van der Waals surface area contributed by atoms with Crippen molar-refractivity contribution in [3.63, 3.8) is 0 Å². The van der Waals surface area contributed by atoms with Gasteiger partial charge in [-0.25, -0.2) is 0 Å². The number of hydrogen-bond acceptors (Lipinski definition) is 2. The Bertz CT molecular complexity index is 349. The number of hydrogen-bond donors (Lipinski definition) is 1. The first-order valence-electron chi connectivity index (χ1n) is 4.33. The van der Waals surface area contributed by atoms with Gasteiger partial charge in [0.05, 0.1) is 17.4 Å². The molecule has 0 saturated carbocycles. The van der Waals surface area contributed by atoms with Crippen molar-refractivity contribution >= 4 is 11.6 Å². The van der Waals surface area contributed by atoms with Crippen molar-refractivity contribution in [3.05, 3.63) is 29.8 Å². The molecule has 1 atom stereocenters. The van der Waals surface area contributed by atoms with E-state index in [4.69, 9.17) is 0 Å². The Morgan fingerprint density at radius 3 is 2.85 bits per heavy atom. The summed E-state index contributed by atoms with van der Waals surface area (Å²) in [5, 5.41) is 2.87. The Balaban J connectivity index is 2.53. The van der Waals surface area contributed by atoms with Gasteiger partial charge in [0.15, 0.2) is 0 Å². The highest BCUT2D eigenvalue weighted by Crippen LogP contribution is 2.23. The fourth-order valence-corrected chi connectivity index (χ4v) is 1.55. The molecule has 1 aliphatic rings. The molecule has 13 heavy (non-hydrogen) atoms. The summed E-state index contributed by atoms with van der Waals surface area (Å²) in [5.74, 6) is 0.0150. The number of rotatable bonds is 0. The van der Waals surface area contributed by atoms with Crippen LogP contribution in [0.3, 0.4) is 0 Å². The smallest absolute Gasteiger partial charge is 0.254 e. The van der Waals surface area contributed by atoms with Gasteiger partial charge in [-0.3, -0.25) is 4.79 Å². The van der Waals surface area contributed by atoms with E-state index in [1.165, 1.54) is 0 Å². The Morgan fingerprint density at radius 1 is 1.38 bits per heavy atom. The van der Waals surface area contributed by atoms with Crippen LogP contribution in [0, 0.1) is 0 Å². The van der Waals surface area contributed by atoms with Crippen LogP contribution in [-0.2, 0) is 0 Å². The lowest BCUT2D eigenvalue weighted by molar-refractivity contribution is 0.0932. The van der Waals surface area contributed by atoms with Crippen LogP contribution < -0.4 is 10.2 Å². The van der Waals surface area contributed by atoms with Gasteiger partial charge in [-0.05, 0) is 19.1 Å². The molecule has 0 spiro atoms. The van der Waals surface area contributed by atoms with Crippen molar-refractivity contribution < 1.29 is 4.79 Å². The lowest BCUT2D eigenvalue weighted by Crippen LogP contribution is -2.49. The van der Waals surface area contributed by atoms with E-state index in [0.29, 0.717) is 0 Å². The third-order valence-corrected chi connectivity index (χ3v) is 2.45. The zero-order valence-corrected chi connectivity index (χ0v) is 7.74. The molecule has 1 N–H and O–H groups in total. The molecule has 0 radical (unpaired) electrons. The summed E-state index contributed by atoms with van der Waals surface area (Å²) in [7, 11) is 1.98. The average Bonchev–Trinajstić information content (AvgIpc) is 2.15. The minimum absolute atomic E-state index is 0.0150. The zero-order valence-electron chi connectivity index (χ0n) is 7.74. The van der Waals surface area contributed by atoms with Gasteiger partial charge >= 0.3 is 0 Å². The van der Waals surface area contributed by atoms with Gasteiger partial charge in [0.1, 0.15) is 0 Å². The summed E-state index contributed by atoms with van der Waals surface area (Å²) in [6.45, 7) is 1.97. The van der Waals surface area contributed by atoms with Crippen molar-refractivity contribution in [1.29, 1.82) is 0 Å². The molecular formula is C10H12N2O. The van der Waals surface area contributed by atoms with Gasteiger partial charge in [-0.2, -0.15) is 0 Å². The number of amides is 1. The van der Waals surface area contributed by atoms with Crippen molar-refractivity contribution in [3.8, 4) is 0 Å². The second-order valence-corrected chi connectivity index (χ2v) is 3.28. The molecule has 1 heterocycles. The summed E-state index contributed by atoms with van der Waals surface area (Å²) < 4.78 is 0. The molecule has 0 fully saturated rings. The number of fused-ring (bicyclic) bond motifs is 1. The van der Waals surface area contributed by atoms with E-state index in [-0.39, 0.29) is 12.1 Å². The fourth-order valence-electron chi connectivity index (χ4n) is 1.55. The number of para-hydroxylation sites is 1. The average molecular weight is 176 g/mol. The van der Waals surface area contributed by atoms with E-state index in [9.17, 15) is 4.79 Å². The van der Waals surface area contributed by atoms with Crippen molar-refractivity contribution in [2.75, 3.05) is 11.9 Å². The van der Waals surface area contributed by atoms with E-state index in [1.54, 1.807) is 0 Å². The van der Waals surface area contributed by atoms with Crippen molar-refractivity contribution in [2.24, 2.45) is 0 Å². The number of carbonyl (C=O) groups excluding carboxylic acids is 1. The topological polar surface area (TPSA) is 32.3 Å². The van der Waals surface area contributed by atoms with Gasteiger partial charge in [-0.1, -0.05) is 12.1 Å². The molecule has 1 aliphatic heterocycles. The normalized spacial score (nSPS) is 20.9. The molecule has 0 aromatic heterocycles. The Kier molecular flexibility index (Phi) is 1.72. The molecule has 1 amide bonds. The molecule has 0 bridgehead atoms. The van der Waals surface area contributed by atoms with Gasteiger partial charge in [0.25, 0.3) is 5.91 Å². The second kappa shape index (κ2) is 2.76. The molecule has 0 saturated heterocycles. The standard InChI is InChI=1S/C10H12N2O/c1-7-11-10(13)8-5-3-4-6-9(8)12(7)2/h3-7H,1-2H3,(H,11,13). The molecule has 2 rings (SSSR count). The number of anilines is 1. The summed E-state index contributed by atoms with van der Waals surface area (Å²) in [6, 6.07) is 7.63. The highest BCUT2D eigenvalue weighted by Gasteiger charge is 2.24. The maximum atomic E-state index is 11.5. The van der Waals surface area contributed by atoms with E-state index in [1.807, 2.05) is 38.2 Å². The van der Waals surface area contributed by atoms with Gasteiger partial charge in [0, 0.05) is 7.05 Å². The lowest BCUT2D eigenvalue weighted by Gasteiger charge is -2.33. The van der Waals surface area contributed by atoms with Gasteiger partial charge < -0.3 is 10.2 Å². The highest BCUT2D eigenvalue weighted by atomic mass is 16.2. The summed E-state index contributed by atoms with van der Waals surface area (Å²) in [6.07, 6.45) is 0.0717.